The Bertz CT molecular complexity index is 1220. The molecule has 2 amide bonds. The van der Waals surface area contributed by atoms with Crippen molar-refractivity contribution in [2.75, 3.05) is 7.11 Å². The first-order valence-corrected chi connectivity index (χ1v) is 11.6. The lowest BCUT2D eigenvalue weighted by Gasteiger charge is -2.32. The van der Waals surface area contributed by atoms with Gasteiger partial charge in [-0.1, -0.05) is 42.6 Å². The van der Waals surface area contributed by atoms with E-state index in [1.165, 1.54) is 4.90 Å². The normalized spacial score (nSPS) is 17.9. The number of ether oxygens (including phenoxy) is 2. The van der Waals surface area contributed by atoms with Gasteiger partial charge in [-0.05, 0) is 66.8 Å². The number of halogens is 1. The molecule has 0 spiro atoms. The lowest BCUT2D eigenvalue weighted by Crippen LogP contribution is -2.47. The largest absolute Gasteiger partial charge is 0.493 e. The molecule has 0 N–H and O–H groups in total. The number of benzene rings is 2. The van der Waals surface area contributed by atoms with Crippen molar-refractivity contribution < 1.29 is 19.1 Å². The second-order valence-electron chi connectivity index (χ2n) is 8.41. The molecule has 0 unspecified atom stereocenters. The molecule has 2 aromatic carbocycles. The predicted molar refractivity (Wildman–Crippen MR) is 129 cm³/mol. The fourth-order valence-electron chi connectivity index (χ4n) is 4.40. The van der Waals surface area contributed by atoms with Gasteiger partial charge in [0.05, 0.1) is 7.11 Å². The van der Waals surface area contributed by atoms with Crippen LogP contribution in [0.15, 0.2) is 59.2 Å². The summed E-state index contributed by atoms with van der Waals surface area (Å²) < 4.78 is 11.4. The van der Waals surface area contributed by atoms with Crippen molar-refractivity contribution in [1.29, 1.82) is 5.26 Å². The molecule has 2 aromatic rings. The Balaban J connectivity index is 1.63. The lowest BCUT2D eigenvalue weighted by atomic mass is 9.92. The summed E-state index contributed by atoms with van der Waals surface area (Å²) in [5, 5.41) is 10.3. The van der Waals surface area contributed by atoms with Crippen LogP contribution >= 0.6 is 11.6 Å². The van der Waals surface area contributed by atoms with Gasteiger partial charge >= 0.3 is 0 Å². The number of carbonyl (C=O) groups is 2. The maximum Gasteiger partial charge on any atom is 0.271 e. The molecule has 1 aliphatic carbocycles. The van der Waals surface area contributed by atoms with E-state index >= 15 is 0 Å². The van der Waals surface area contributed by atoms with Gasteiger partial charge in [-0.25, -0.2) is 0 Å². The standard InChI is InChI=1S/C27H25ClN2O4/c1-17-22(26(31)30(21-5-3-4-6-21)27(32)23(17)15-29)13-19-9-12-24(25(14-19)33-2)34-16-18-7-10-20(28)11-8-18/h7-14,21H,3-6,16H2,1-2H3/b22-13+. The van der Waals surface area contributed by atoms with E-state index in [1.54, 1.807) is 44.4 Å². The number of methoxy groups -OCH3 is 1. The lowest BCUT2D eigenvalue weighted by molar-refractivity contribution is -0.143. The van der Waals surface area contributed by atoms with Gasteiger partial charge in [0.1, 0.15) is 18.2 Å². The highest BCUT2D eigenvalue weighted by molar-refractivity contribution is 6.30. The van der Waals surface area contributed by atoms with E-state index in [2.05, 4.69) is 0 Å². The Morgan fingerprint density at radius 3 is 2.44 bits per heavy atom. The quantitative estimate of drug-likeness (QED) is 0.408. The Morgan fingerprint density at radius 1 is 1.09 bits per heavy atom. The van der Waals surface area contributed by atoms with Crippen LogP contribution in [0.1, 0.15) is 43.7 Å². The van der Waals surface area contributed by atoms with Crippen LogP contribution in [-0.2, 0) is 16.2 Å². The van der Waals surface area contributed by atoms with Gasteiger partial charge in [-0.2, -0.15) is 5.26 Å². The summed E-state index contributed by atoms with van der Waals surface area (Å²) in [4.78, 5) is 27.5. The van der Waals surface area contributed by atoms with Crippen molar-refractivity contribution in [3.63, 3.8) is 0 Å². The average molecular weight is 477 g/mol. The SMILES string of the molecule is COc1cc(/C=C2/C(=O)N(C3CCCC3)C(=O)C(C#N)=C2C)ccc1OCc1ccc(Cl)cc1. The first kappa shape index (κ1) is 23.6. The van der Waals surface area contributed by atoms with E-state index < -0.39 is 5.91 Å². The number of nitriles is 1. The number of hydrogen-bond donors (Lipinski definition) is 0. The van der Waals surface area contributed by atoms with Gasteiger partial charge < -0.3 is 9.47 Å². The van der Waals surface area contributed by atoms with Gasteiger partial charge in [0, 0.05) is 16.6 Å². The predicted octanol–water partition coefficient (Wildman–Crippen LogP) is 5.46. The first-order valence-electron chi connectivity index (χ1n) is 11.2. The summed E-state index contributed by atoms with van der Waals surface area (Å²) in [5.41, 5.74) is 2.43. The molecular weight excluding hydrogens is 452 g/mol. The highest BCUT2D eigenvalue weighted by Gasteiger charge is 2.40. The highest BCUT2D eigenvalue weighted by Crippen LogP contribution is 2.35. The summed E-state index contributed by atoms with van der Waals surface area (Å²) in [7, 11) is 1.55. The van der Waals surface area contributed by atoms with Crippen molar-refractivity contribution in [2.24, 2.45) is 0 Å². The molecule has 0 saturated heterocycles. The molecule has 0 radical (unpaired) electrons. The molecule has 1 fully saturated rings. The van der Waals surface area contributed by atoms with E-state index in [-0.39, 0.29) is 17.5 Å². The molecule has 0 aromatic heterocycles. The Kier molecular flexibility index (Phi) is 7.04. The van der Waals surface area contributed by atoms with Crippen LogP contribution in [-0.4, -0.2) is 29.9 Å². The third kappa shape index (κ3) is 4.71. The molecule has 7 heteroatoms. The minimum Gasteiger partial charge on any atom is -0.493 e. The molecule has 6 nitrogen and oxygen atoms in total. The van der Waals surface area contributed by atoms with Crippen LogP contribution in [0.5, 0.6) is 11.5 Å². The number of nitrogens with zero attached hydrogens (tertiary/aromatic N) is 2. The smallest absolute Gasteiger partial charge is 0.271 e. The van der Waals surface area contributed by atoms with E-state index in [0.717, 1.165) is 31.2 Å². The summed E-state index contributed by atoms with van der Waals surface area (Å²) in [5.74, 6) is 0.229. The third-order valence-electron chi connectivity index (χ3n) is 6.27. The highest BCUT2D eigenvalue weighted by atomic mass is 35.5. The molecule has 0 bridgehead atoms. The van der Waals surface area contributed by atoms with Crippen LogP contribution in [0.3, 0.4) is 0 Å². The summed E-state index contributed by atoms with van der Waals surface area (Å²) in [6, 6.07) is 14.6. The zero-order valence-corrected chi connectivity index (χ0v) is 19.9. The number of rotatable bonds is 6. The summed E-state index contributed by atoms with van der Waals surface area (Å²) in [6.07, 6.45) is 5.20. The minimum atomic E-state index is -0.488. The molecule has 1 aliphatic heterocycles. The molecule has 1 saturated carbocycles. The van der Waals surface area contributed by atoms with Crippen molar-refractivity contribution >= 4 is 29.5 Å². The van der Waals surface area contributed by atoms with Crippen molar-refractivity contribution in [3.05, 3.63) is 75.3 Å². The summed E-state index contributed by atoms with van der Waals surface area (Å²) >= 11 is 5.93. The minimum absolute atomic E-state index is 0.0210. The molecular formula is C27H25ClN2O4. The number of hydrogen-bond acceptors (Lipinski definition) is 5. The van der Waals surface area contributed by atoms with Crippen LogP contribution in [0, 0.1) is 11.3 Å². The molecule has 174 valence electrons. The first-order chi connectivity index (χ1) is 16.4. The van der Waals surface area contributed by atoms with Crippen LogP contribution < -0.4 is 9.47 Å². The average Bonchev–Trinajstić information content (AvgIpc) is 3.36. The number of carbonyl (C=O) groups excluding carboxylic acids is 2. The van der Waals surface area contributed by atoms with E-state index in [0.29, 0.717) is 39.8 Å². The van der Waals surface area contributed by atoms with E-state index in [4.69, 9.17) is 21.1 Å². The number of imide groups is 1. The monoisotopic (exact) mass is 476 g/mol. The molecule has 1 heterocycles. The Morgan fingerprint density at radius 2 is 1.79 bits per heavy atom. The van der Waals surface area contributed by atoms with Crippen molar-refractivity contribution in [3.8, 4) is 17.6 Å². The maximum absolute atomic E-state index is 13.3. The zero-order chi connectivity index (χ0) is 24.2. The fraction of sp³-hybridized carbons (Fsp3) is 0.296. The van der Waals surface area contributed by atoms with Gasteiger partial charge in [-0.3, -0.25) is 14.5 Å². The second kappa shape index (κ2) is 10.1. The van der Waals surface area contributed by atoms with E-state index in [9.17, 15) is 14.9 Å². The topological polar surface area (TPSA) is 79.6 Å². The van der Waals surface area contributed by atoms with Crippen molar-refractivity contribution in [2.45, 2.75) is 45.3 Å². The summed E-state index contributed by atoms with van der Waals surface area (Å²) in [6.45, 7) is 1.99. The number of amides is 2. The van der Waals surface area contributed by atoms with Gasteiger partial charge in [0.15, 0.2) is 11.5 Å². The van der Waals surface area contributed by atoms with Gasteiger partial charge in [0.25, 0.3) is 11.8 Å². The fourth-order valence-corrected chi connectivity index (χ4v) is 4.52. The van der Waals surface area contributed by atoms with Crippen LogP contribution in [0.2, 0.25) is 5.02 Å². The van der Waals surface area contributed by atoms with Gasteiger partial charge in [-0.15, -0.1) is 0 Å². The Labute approximate surface area is 204 Å². The molecule has 0 atom stereocenters. The molecule has 2 aliphatic rings. The van der Waals surface area contributed by atoms with Crippen molar-refractivity contribution in [1.82, 2.24) is 4.90 Å². The molecule has 4 rings (SSSR count). The maximum atomic E-state index is 13.3. The van der Waals surface area contributed by atoms with Crippen LogP contribution in [0.25, 0.3) is 6.08 Å². The Hall–Kier alpha value is -3.56. The third-order valence-corrected chi connectivity index (χ3v) is 6.52. The molecule has 34 heavy (non-hydrogen) atoms. The van der Waals surface area contributed by atoms with Crippen LogP contribution in [0.4, 0.5) is 0 Å². The van der Waals surface area contributed by atoms with E-state index in [1.807, 2.05) is 24.3 Å². The second-order valence-corrected chi connectivity index (χ2v) is 8.85. The zero-order valence-electron chi connectivity index (χ0n) is 19.1. The van der Waals surface area contributed by atoms with Gasteiger partial charge in [0.2, 0.25) is 0 Å².